The summed E-state index contributed by atoms with van der Waals surface area (Å²) in [6.07, 6.45) is 1.87. The first-order chi connectivity index (χ1) is 12.0. The third-order valence-electron chi connectivity index (χ3n) is 4.38. The van der Waals surface area contributed by atoms with Gasteiger partial charge in [-0.25, -0.2) is 17.8 Å². The van der Waals surface area contributed by atoms with Crippen molar-refractivity contribution in [2.45, 2.75) is 23.3 Å². The maximum absolute atomic E-state index is 12.7. The number of methoxy groups -OCH3 is 1. The van der Waals surface area contributed by atoms with E-state index in [-0.39, 0.29) is 17.0 Å². The third kappa shape index (κ3) is 3.87. The predicted octanol–water partition coefficient (Wildman–Crippen LogP) is -0.0760. The van der Waals surface area contributed by atoms with Gasteiger partial charge in [0, 0.05) is 26.3 Å². The van der Waals surface area contributed by atoms with Crippen molar-refractivity contribution in [1.29, 1.82) is 0 Å². The van der Waals surface area contributed by atoms with Gasteiger partial charge in [0.1, 0.15) is 0 Å². The molecular formula is C15H22N6O3S. The second-order valence-corrected chi connectivity index (χ2v) is 7.99. The van der Waals surface area contributed by atoms with Gasteiger partial charge in [0.25, 0.3) is 0 Å². The van der Waals surface area contributed by atoms with Crippen molar-refractivity contribution < 1.29 is 13.2 Å². The molecule has 136 valence electrons. The molecule has 1 atom stereocenters. The van der Waals surface area contributed by atoms with Crippen LogP contribution >= 0.6 is 0 Å². The zero-order valence-corrected chi connectivity index (χ0v) is 15.1. The lowest BCUT2D eigenvalue weighted by Crippen LogP contribution is -2.52. The number of hydrogen-bond acceptors (Lipinski definition) is 7. The smallest absolute Gasteiger partial charge is 0.240 e. The molecule has 3 rings (SSSR count). The second kappa shape index (κ2) is 7.16. The molecule has 0 saturated carbocycles. The van der Waals surface area contributed by atoms with Crippen molar-refractivity contribution >= 4 is 10.0 Å². The second-order valence-electron chi connectivity index (χ2n) is 6.22. The number of ether oxygens (including phenoxy) is 1. The largest absolute Gasteiger partial charge is 0.383 e. The van der Waals surface area contributed by atoms with E-state index >= 15 is 0 Å². The summed E-state index contributed by atoms with van der Waals surface area (Å²) >= 11 is 0. The Hall–Kier alpha value is -1.88. The van der Waals surface area contributed by atoms with Crippen LogP contribution in [0.2, 0.25) is 0 Å². The number of aromatic nitrogens is 4. The molecule has 0 aliphatic carbocycles. The van der Waals surface area contributed by atoms with Gasteiger partial charge in [-0.2, -0.15) is 0 Å². The minimum absolute atomic E-state index is 0.179. The van der Waals surface area contributed by atoms with Crippen molar-refractivity contribution in [3.8, 4) is 11.4 Å². The molecule has 25 heavy (non-hydrogen) atoms. The first-order valence-electron chi connectivity index (χ1n) is 8.02. The number of nitrogens with zero attached hydrogens (tertiary/aromatic N) is 4. The number of nitrogens with one attached hydrogen (secondary N) is 2. The molecule has 1 saturated heterocycles. The van der Waals surface area contributed by atoms with Crippen LogP contribution in [0.25, 0.3) is 11.4 Å². The summed E-state index contributed by atoms with van der Waals surface area (Å²) in [5, 5.41) is 14.6. The van der Waals surface area contributed by atoms with E-state index in [0.717, 1.165) is 19.4 Å². The van der Waals surface area contributed by atoms with Crippen LogP contribution < -0.4 is 10.0 Å². The highest BCUT2D eigenvalue weighted by Gasteiger charge is 2.34. The van der Waals surface area contributed by atoms with Crippen LogP contribution in [0.15, 0.2) is 29.2 Å². The monoisotopic (exact) mass is 366 g/mol. The minimum atomic E-state index is -3.65. The van der Waals surface area contributed by atoms with Crippen LogP contribution in [0, 0.1) is 0 Å². The van der Waals surface area contributed by atoms with E-state index in [1.54, 1.807) is 38.4 Å². The van der Waals surface area contributed by atoms with Gasteiger partial charge < -0.3 is 10.1 Å². The molecule has 1 fully saturated rings. The molecule has 0 spiro atoms. The molecule has 2 heterocycles. The standard InChI is InChI=1S/C15H22N6O3S/c1-21-14(18-19-20-21)12-5-3-6-13(9-12)25(22,23)17-10-15(11-24-2)7-4-8-16-15/h3,5-6,9,16-17H,4,7-8,10-11H2,1-2H3. The van der Waals surface area contributed by atoms with E-state index in [0.29, 0.717) is 18.0 Å². The van der Waals surface area contributed by atoms with Crippen molar-refractivity contribution in [3.63, 3.8) is 0 Å². The number of benzene rings is 1. The van der Waals surface area contributed by atoms with Gasteiger partial charge in [0.15, 0.2) is 5.82 Å². The molecule has 1 aliphatic heterocycles. The number of tetrazole rings is 1. The Labute approximate surface area is 146 Å². The Bertz CT molecular complexity index is 829. The summed E-state index contributed by atoms with van der Waals surface area (Å²) in [7, 11) is -0.331. The lowest BCUT2D eigenvalue weighted by Gasteiger charge is -2.28. The SMILES string of the molecule is COCC1(CNS(=O)(=O)c2cccc(-c3nnnn3C)c2)CCCN1. The van der Waals surface area contributed by atoms with Gasteiger partial charge >= 0.3 is 0 Å². The first-order valence-corrected chi connectivity index (χ1v) is 9.51. The average molecular weight is 366 g/mol. The summed E-state index contributed by atoms with van der Waals surface area (Å²) in [4.78, 5) is 0.179. The lowest BCUT2D eigenvalue weighted by atomic mass is 9.99. The highest BCUT2D eigenvalue weighted by molar-refractivity contribution is 7.89. The van der Waals surface area contributed by atoms with Gasteiger partial charge in [-0.15, -0.1) is 5.10 Å². The molecule has 1 aliphatic rings. The van der Waals surface area contributed by atoms with Crippen molar-refractivity contribution in [2.24, 2.45) is 7.05 Å². The quantitative estimate of drug-likeness (QED) is 0.705. The summed E-state index contributed by atoms with van der Waals surface area (Å²) in [5.74, 6) is 0.505. The molecule has 1 aromatic carbocycles. The van der Waals surface area contributed by atoms with Crippen LogP contribution in [0.5, 0.6) is 0 Å². The zero-order chi connectivity index (χ0) is 17.9. The maximum atomic E-state index is 12.7. The Morgan fingerprint density at radius 1 is 1.44 bits per heavy atom. The molecule has 0 radical (unpaired) electrons. The molecule has 0 amide bonds. The normalized spacial score (nSPS) is 20.9. The van der Waals surface area contributed by atoms with E-state index in [1.807, 2.05) is 0 Å². The number of sulfonamides is 1. The Balaban J connectivity index is 1.79. The molecule has 10 heteroatoms. The molecular weight excluding hydrogens is 344 g/mol. The summed E-state index contributed by atoms with van der Waals surface area (Å²) in [6.45, 7) is 1.60. The number of hydrogen-bond donors (Lipinski definition) is 2. The fourth-order valence-electron chi connectivity index (χ4n) is 3.06. The van der Waals surface area contributed by atoms with Crippen LogP contribution in [0.3, 0.4) is 0 Å². The summed E-state index contributed by atoms with van der Waals surface area (Å²) < 4.78 is 34.9. The number of rotatable bonds is 7. The van der Waals surface area contributed by atoms with Gasteiger partial charge in [-0.1, -0.05) is 12.1 Å². The van der Waals surface area contributed by atoms with Crippen LogP contribution in [-0.2, 0) is 21.8 Å². The summed E-state index contributed by atoms with van der Waals surface area (Å²) in [6, 6.07) is 6.58. The van der Waals surface area contributed by atoms with Crippen LogP contribution in [0.4, 0.5) is 0 Å². The van der Waals surface area contributed by atoms with E-state index in [1.165, 1.54) is 4.68 Å². The molecule has 2 aromatic rings. The van der Waals surface area contributed by atoms with Crippen LogP contribution in [0.1, 0.15) is 12.8 Å². The average Bonchev–Trinajstić information content (AvgIpc) is 3.23. The van der Waals surface area contributed by atoms with Crippen LogP contribution in [-0.4, -0.2) is 61.0 Å². The molecule has 2 N–H and O–H groups in total. The van der Waals surface area contributed by atoms with Crippen molar-refractivity contribution in [2.75, 3.05) is 26.8 Å². The zero-order valence-electron chi connectivity index (χ0n) is 14.3. The minimum Gasteiger partial charge on any atom is -0.383 e. The molecule has 1 aromatic heterocycles. The van der Waals surface area contributed by atoms with Gasteiger partial charge in [0.2, 0.25) is 10.0 Å². The van der Waals surface area contributed by atoms with Crippen molar-refractivity contribution in [3.05, 3.63) is 24.3 Å². The predicted molar refractivity (Wildman–Crippen MR) is 91.3 cm³/mol. The van der Waals surface area contributed by atoms with E-state index in [9.17, 15) is 8.42 Å². The highest BCUT2D eigenvalue weighted by Crippen LogP contribution is 2.22. The Morgan fingerprint density at radius 3 is 2.92 bits per heavy atom. The molecule has 0 bridgehead atoms. The highest BCUT2D eigenvalue weighted by atomic mass is 32.2. The van der Waals surface area contributed by atoms with E-state index < -0.39 is 10.0 Å². The number of aryl methyl sites for hydroxylation is 1. The van der Waals surface area contributed by atoms with Gasteiger partial charge in [-0.05, 0) is 41.9 Å². The van der Waals surface area contributed by atoms with Crippen molar-refractivity contribution in [1.82, 2.24) is 30.2 Å². The van der Waals surface area contributed by atoms with Gasteiger partial charge in [-0.3, -0.25) is 0 Å². The Kier molecular flexibility index (Phi) is 5.13. The molecule has 9 nitrogen and oxygen atoms in total. The first kappa shape index (κ1) is 17.9. The topological polar surface area (TPSA) is 111 Å². The lowest BCUT2D eigenvalue weighted by molar-refractivity contribution is 0.122. The molecule has 1 unspecified atom stereocenters. The fourth-order valence-corrected chi connectivity index (χ4v) is 4.24. The Morgan fingerprint density at radius 2 is 2.28 bits per heavy atom. The van der Waals surface area contributed by atoms with E-state index in [4.69, 9.17) is 4.74 Å². The maximum Gasteiger partial charge on any atom is 0.240 e. The third-order valence-corrected chi connectivity index (χ3v) is 5.77. The van der Waals surface area contributed by atoms with E-state index in [2.05, 4.69) is 25.6 Å². The summed E-state index contributed by atoms with van der Waals surface area (Å²) in [5.41, 5.74) is 0.286. The fraction of sp³-hybridized carbons (Fsp3) is 0.533. The van der Waals surface area contributed by atoms with Gasteiger partial charge in [0.05, 0.1) is 17.0 Å².